The molecule has 0 spiro atoms. The summed E-state index contributed by atoms with van der Waals surface area (Å²) in [4.78, 5) is 21.9. The van der Waals surface area contributed by atoms with Crippen molar-refractivity contribution in [2.75, 3.05) is 11.9 Å². The highest BCUT2D eigenvalue weighted by molar-refractivity contribution is 9.09. The fourth-order valence-electron chi connectivity index (χ4n) is 0.908. The normalized spacial score (nSPS) is 18.6. The lowest BCUT2D eigenvalue weighted by Gasteiger charge is -2.24. The third-order valence-corrected chi connectivity index (χ3v) is 2.43. The minimum atomic E-state index is -2.14. The van der Waals surface area contributed by atoms with E-state index in [1.807, 2.05) is 0 Å². The van der Waals surface area contributed by atoms with Gasteiger partial charge in [-0.2, -0.15) is 0 Å². The van der Waals surface area contributed by atoms with Crippen LogP contribution in [-0.4, -0.2) is 73.5 Å². The number of halogens is 1. The van der Waals surface area contributed by atoms with E-state index >= 15 is 0 Å². The van der Waals surface area contributed by atoms with Crippen molar-refractivity contribution in [1.82, 2.24) is 0 Å². The van der Waals surface area contributed by atoms with Crippen LogP contribution in [0.5, 0.6) is 0 Å². The molecule has 7 nitrogen and oxygen atoms in total. The van der Waals surface area contributed by atoms with Crippen LogP contribution in [0.3, 0.4) is 0 Å². The predicted molar refractivity (Wildman–Crippen MR) is 54.9 cm³/mol. The summed E-state index contributed by atoms with van der Waals surface area (Å²) < 4.78 is 0. The summed E-state index contributed by atoms with van der Waals surface area (Å²) in [5, 5.41) is 44.7. The van der Waals surface area contributed by atoms with E-state index in [9.17, 15) is 19.8 Å². The zero-order chi connectivity index (χ0) is 12.9. The number of Topliss-reactive ketones (excluding diaryl/α,β-unsaturated/α-hetero) is 2. The Bertz CT molecular complexity index is 257. The molecular formula is C8H13BrO7. The Labute approximate surface area is 99.5 Å². The fourth-order valence-corrected chi connectivity index (χ4v) is 1.18. The van der Waals surface area contributed by atoms with Crippen LogP contribution in [0.15, 0.2) is 0 Å². The summed E-state index contributed by atoms with van der Waals surface area (Å²) in [5.74, 6) is -2.26. The van der Waals surface area contributed by atoms with E-state index in [4.69, 9.17) is 15.3 Å². The molecule has 8 heteroatoms. The topological polar surface area (TPSA) is 135 Å². The lowest BCUT2D eigenvalue weighted by molar-refractivity contribution is -0.153. The summed E-state index contributed by atoms with van der Waals surface area (Å²) >= 11 is 2.70. The molecule has 16 heavy (non-hydrogen) atoms. The largest absolute Gasteiger partial charge is 0.394 e. The van der Waals surface area contributed by atoms with Gasteiger partial charge in [0, 0.05) is 0 Å². The molecule has 0 unspecified atom stereocenters. The van der Waals surface area contributed by atoms with Gasteiger partial charge in [0.05, 0.1) is 11.9 Å². The van der Waals surface area contributed by atoms with Crippen molar-refractivity contribution in [3.05, 3.63) is 0 Å². The molecule has 0 aliphatic heterocycles. The highest BCUT2D eigenvalue weighted by Gasteiger charge is 2.36. The average Bonchev–Trinajstić information content (AvgIpc) is 2.32. The summed E-state index contributed by atoms with van der Waals surface area (Å²) in [6.45, 7) is -0.856. The molecule has 0 aromatic heterocycles. The van der Waals surface area contributed by atoms with Crippen LogP contribution in [0.4, 0.5) is 0 Å². The second kappa shape index (κ2) is 7.05. The van der Waals surface area contributed by atoms with Crippen molar-refractivity contribution in [2.45, 2.75) is 24.4 Å². The van der Waals surface area contributed by atoms with Crippen molar-refractivity contribution in [1.29, 1.82) is 0 Å². The first kappa shape index (κ1) is 15.6. The second-order valence-corrected chi connectivity index (χ2v) is 3.66. The van der Waals surface area contributed by atoms with E-state index in [0.29, 0.717) is 0 Å². The molecule has 0 aromatic carbocycles. The van der Waals surface area contributed by atoms with Gasteiger partial charge in [-0.1, -0.05) is 15.9 Å². The molecule has 4 atom stereocenters. The van der Waals surface area contributed by atoms with Crippen molar-refractivity contribution >= 4 is 27.5 Å². The third kappa shape index (κ3) is 3.89. The number of rotatable bonds is 7. The first-order chi connectivity index (χ1) is 7.36. The number of hydrogen-bond donors (Lipinski definition) is 5. The van der Waals surface area contributed by atoms with Crippen LogP contribution in [0, 0.1) is 0 Å². The van der Waals surface area contributed by atoms with Gasteiger partial charge >= 0.3 is 0 Å². The number of carbonyl (C=O) groups excluding carboxylic acids is 2. The first-order valence-corrected chi connectivity index (χ1v) is 5.45. The van der Waals surface area contributed by atoms with Gasteiger partial charge in [-0.3, -0.25) is 9.59 Å². The van der Waals surface area contributed by atoms with Gasteiger partial charge in [0.2, 0.25) is 11.6 Å². The number of aliphatic hydroxyl groups excluding tert-OH is 5. The molecule has 0 radical (unpaired) electrons. The molecule has 0 fully saturated rings. The van der Waals surface area contributed by atoms with E-state index in [2.05, 4.69) is 15.9 Å². The summed E-state index contributed by atoms with van der Waals surface area (Å²) in [7, 11) is 0. The second-order valence-electron chi connectivity index (χ2n) is 3.10. The van der Waals surface area contributed by atoms with Gasteiger partial charge in [0.25, 0.3) is 0 Å². The zero-order valence-electron chi connectivity index (χ0n) is 8.15. The van der Waals surface area contributed by atoms with Crippen molar-refractivity contribution in [3.63, 3.8) is 0 Å². The van der Waals surface area contributed by atoms with E-state index in [0.717, 1.165) is 0 Å². The smallest absolute Gasteiger partial charge is 0.230 e. The number of carbonyl (C=O) groups is 2. The molecule has 94 valence electrons. The molecule has 0 heterocycles. The Kier molecular flexibility index (Phi) is 6.88. The van der Waals surface area contributed by atoms with Gasteiger partial charge < -0.3 is 25.5 Å². The summed E-state index contributed by atoms with van der Waals surface area (Å²) in [6, 6.07) is 0. The number of ketones is 2. The maximum atomic E-state index is 11.1. The van der Waals surface area contributed by atoms with Crippen LogP contribution in [0.1, 0.15) is 0 Å². The van der Waals surface area contributed by atoms with Gasteiger partial charge in [-0.25, -0.2) is 0 Å². The first-order valence-electron chi connectivity index (χ1n) is 4.33. The number of alkyl halides is 1. The molecule has 0 saturated heterocycles. The lowest BCUT2D eigenvalue weighted by atomic mass is 9.99. The summed E-state index contributed by atoms with van der Waals surface area (Å²) in [5.41, 5.74) is 0. The molecule has 0 aliphatic carbocycles. The van der Waals surface area contributed by atoms with E-state index in [1.165, 1.54) is 0 Å². The quantitative estimate of drug-likeness (QED) is 0.249. The zero-order valence-corrected chi connectivity index (χ0v) is 9.74. The standard InChI is InChI=1S/C8H13BrO7/c9-1-3(11)5(13)7(15)8(16)6(14)4(12)2-10/h4,6-8,10,12,14-16H,1-2H2/t4-,6+,7+,8-/m1/s1. The molecule has 0 saturated carbocycles. The van der Waals surface area contributed by atoms with E-state index in [1.54, 1.807) is 0 Å². The molecular weight excluding hydrogens is 288 g/mol. The Morgan fingerprint density at radius 2 is 1.56 bits per heavy atom. The van der Waals surface area contributed by atoms with Crippen LogP contribution in [0.2, 0.25) is 0 Å². The van der Waals surface area contributed by atoms with Crippen LogP contribution < -0.4 is 0 Å². The Morgan fingerprint density at radius 3 is 1.94 bits per heavy atom. The lowest BCUT2D eigenvalue weighted by Crippen LogP contribution is -2.50. The third-order valence-electron chi connectivity index (χ3n) is 1.92. The predicted octanol–water partition coefficient (Wildman–Crippen LogP) is -3.04. The molecule has 0 amide bonds. The van der Waals surface area contributed by atoms with E-state index < -0.39 is 42.6 Å². The highest BCUT2D eigenvalue weighted by Crippen LogP contribution is 2.07. The SMILES string of the molecule is O=C(CBr)C(=O)[C@H](O)[C@H](O)[C@@H](O)[C@H](O)CO. The highest BCUT2D eigenvalue weighted by atomic mass is 79.9. The van der Waals surface area contributed by atoms with E-state index in [-0.39, 0.29) is 5.33 Å². The van der Waals surface area contributed by atoms with Crippen molar-refractivity contribution in [2.24, 2.45) is 0 Å². The van der Waals surface area contributed by atoms with Gasteiger partial charge in [0.15, 0.2) is 0 Å². The maximum absolute atomic E-state index is 11.1. The van der Waals surface area contributed by atoms with Gasteiger partial charge in [-0.15, -0.1) is 0 Å². The average molecular weight is 301 g/mol. The monoisotopic (exact) mass is 300 g/mol. The maximum Gasteiger partial charge on any atom is 0.230 e. The fraction of sp³-hybridized carbons (Fsp3) is 0.750. The Hall–Kier alpha value is -0.380. The molecule has 0 rings (SSSR count). The summed E-state index contributed by atoms with van der Waals surface area (Å²) in [6.07, 6.45) is -7.82. The van der Waals surface area contributed by atoms with Crippen molar-refractivity contribution < 1.29 is 35.1 Å². The molecule has 0 aliphatic rings. The van der Waals surface area contributed by atoms with Gasteiger partial charge in [-0.05, 0) is 0 Å². The molecule has 0 bridgehead atoms. The van der Waals surface area contributed by atoms with Crippen LogP contribution >= 0.6 is 15.9 Å². The Morgan fingerprint density at radius 1 is 1.06 bits per heavy atom. The van der Waals surface area contributed by atoms with Gasteiger partial charge in [0.1, 0.15) is 24.4 Å². The van der Waals surface area contributed by atoms with Crippen LogP contribution in [0.25, 0.3) is 0 Å². The molecule has 0 aromatic rings. The number of aliphatic hydroxyl groups is 5. The molecule has 5 N–H and O–H groups in total. The number of hydrogen-bond acceptors (Lipinski definition) is 7. The van der Waals surface area contributed by atoms with Crippen LogP contribution in [-0.2, 0) is 9.59 Å². The Balaban J connectivity index is 4.54. The van der Waals surface area contributed by atoms with Crippen molar-refractivity contribution in [3.8, 4) is 0 Å². The minimum Gasteiger partial charge on any atom is -0.394 e. The minimum absolute atomic E-state index is 0.325.